The van der Waals surface area contributed by atoms with E-state index in [2.05, 4.69) is 26.6 Å². The lowest BCUT2D eigenvalue weighted by atomic mass is 10.0. The highest BCUT2D eigenvalue weighted by molar-refractivity contribution is 5.99. The minimum Gasteiger partial charge on any atom is -0.506 e. The second-order valence-electron chi connectivity index (χ2n) is 17.9. The molecule has 354 valence electrons. The van der Waals surface area contributed by atoms with Gasteiger partial charge in [0.25, 0.3) is 0 Å². The van der Waals surface area contributed by atoms with Gasteiger partial charge in [0, 0.05) is 18.9 Å². The minimum atomic E-state index is -1.32. The number of hydrogen-bond acceptors (Lipinski definition) is 12. The van der Waals surface area contributed by atoms with Crippen molar-refractivity contribution in [2.45, 2.75) is 143 Å². The Hall–Kier alpha value is -6.65. The fraction of sp³-hybridized carbons (Fsp3) is 0.479. The maximum atomic E-state index is 13.7. The van der Waals surface area contributed by atoms with Crippen molar-refractivity contribution >= 4 is 47.5 Å². The molecular formula is C48H65N5O12. The molecule has 0 aliphatic rings. The van der Waals surface area contributed by atoms with Gasteiger partial charge in [-0.2, -0.15) is 0 Å². The Morgan fingerprint density at radius 3 is 1.72 bits per heavy atom. The largest absolute Gasteiger partial charge is 0.506 e. The number of anilines is 1. The topological polar surface area (TPSA) is 237 Å². The lowest BCUT2D eigenvalue weighted by Gasteiger charge is -2.26. The molecule has 0 aromatic heterocycles. The summed E-state index contributed by atoms with van der Waals surface area (Å²) < 4.78 is 21.5. The Balaban J connectivity index is 1.69. The van der Waals surface area contributed by atoms with Crippen molar-refractivity contribution in [3.05, 3.63) is 95.6 Å². The van der Waals surface area contributed by atoms with Crippen molar-refractivity contribution in [2.75, 3.05) is 5.32 Å². The van der Waals surface area contributed by atoms with Gasteiger partial charge in [0.05, 0.1) is 5.69 Å². The maximum absolute atomic E-state index is 13.7. The van der Waals surface area contributed by atoms with Gasteiger partial charge in [0.15, 0.2) is 0 Å². The molecule has 17 heteroatoms. The zero-order valence-corrected chi connectivity index (χ0v) is 38.8. The van der Waals surface area contributed by atoms with E-state index in [4.69, 9.17) is 18.9 Å². The number of carbonyl (C=O) groups is 7. The number of phenolic OH excluding ortho intramolecular Hbond substituents is 1. The molecule has 0 saturated heterocycles. The minimum absolute atomic E-state index is 0.00324. The number of phenols is 1. The van der Waals surface area contributed by atoms with E-state index in [0.29, 0.717) is 11.1 Å². The van der Waals surface area contributed by atoms with Crippen LogP contribution >= 0.6 is 0 Å². The molecule has 3 aromatic rings. The third kappa shape index (κ3) is 20.6. The molecule has 0 radical (unpaired) electrons. The van der Waals surface area contributed by atoms with Crippen LogP contribution in [-0.2, 0) is 62.6 Å². The number of amides is 5. The first-order valence-electron chi connectivity index (χ1n) is 21.6. The summed E-state index contributed by atoms with van der Waals surface area (Å²) in [5.74, 6) is -4.05. The average molecular weight is 904 g/mol. The van der Waals surface area contributed by atoms with E-state index in [0.717, 1.165) is 5.56 Å². The van der Waals surface area contributed by atoms with Crippen molar-refractivity contribution < 1.29 is 57.6 Å². The van der Waals surface area contributed by atoms with Gasteiger partial charge in [-0.1, -0.05) is 80.6 Å². The number of alkyl carbamates (subject to hydrolysis) is 2. The maximum Gasteiger partial charge on any atom is 0.408 e. The third-order valence-corrected chi connectivity index (χ3v) is 9.34. The summed E-state index contributed by atoms with van der Waals surface area (Å²) in [4.78, 5) is 91.7. The molecule has 0 fully saturated rings. The fourth-order valence-electron chi connectivity index (χ4n) is 6.13. The number of nitrogens with one attached hydrogen (secondary N) is 5. The van der Waals surface area contributed by atoms with Gasteiger partial charge < -0.3 is 50.6 Å². The molecule has 0 bridgehead atoms. The smallest absolute Gasteiger partial charge is 0.408 e. The number of benzene rings is 3. The Labute approximate surface area is 381 Å². The van der Waals surface area contributed by atoms with Gasteiger partial charge in [-0.3, -0.25) is 24.0 Å². The van der Waals surface area contributed by atoms with Gasteiger partial charge in [-0.15, -0.1) is 0 Å². The third-order valence-electron chi connectivity index (χ3n) is 9.34. The van der Waals surface area contributed by atoms with Crippen molar-refractivity contribution in [1.29, 1.82) is 0 Å². The van der Waals surface area contributed by atoms with E-state index in [9.17, 15) is 38.7 Å². The van der Waals surface area contributed by atoms with E-state index in [-0.39, 0.29) is 56.8 Å². The highest BCUT2D eigenvalue weighted by Gasteiger charge is 2.32. The van der Waals surface area contributed by atoms with Crippen molar-refractivity contribution in [1.82, 2.24) is 21.3 Å². The molecule has 3 rings (SSSR count). The lowest BCUT2D eigenvalue weighted by Crippen LogP contribution is -2.57. The molecule has 0 spiro atoms. The van der Waals surface area contributed by atoms with E-state index >= 15 is 0 Å². The summed E-state index contributed by atoms with van der Waals surface area (Å²) in [6, 6.07) is 18.1. The molecular weight excluding hydrogens is 839 g/mol. The standard InChI is InChI=1S/C48H65N5O12/c1-30(2)41(53-43(58)36(52-45(60)63-29-33-18-14-11-15-19-33)22-25-39(55)62-28-32-16-12-10-13-17-32)44(59)49-31(3)42(57)51-37-27-34(20-23-38(37)54)26-35(50-46(61)65-48(7,8)9)21-24-40(56)64-47(4,5)6/h10-20,23,27,30-31,35-36,41,54H,21-22,24-26,28-29H2,1-9H3,(H,49,59)(H,50,61)(H,51,57)(H,52,60)(H,53,58)/t31-,35+,36+,41-/m0/s1. The van der Waals surface area contributed by atoms with Crippen molar-refractivity contribution in [3.63, 3.8) is 0 Å². The molecule has 17 nitrogen and oxygen atoms in total. The molecule has 0 saturated carbocycles. The number of hydrogen-bond donors (Lipinski definition) is 6. The van der Waals surface area contributed by atoms with Gasteiger partial charge in [-0.25, -0.2) is 9.59 Å². The summed E-state index contributed by atoms with van der Waals surface area (Å²) >= 11 is 0. The van der Waals surface area contributed by atoms with Gasteiger partial charge in [-0.05, 0) is 102 Å². The first-order valence-corrected chi connectivity index (χ1v) is 21.6. The first kappa shape index (κ1) is 52.7. The van der Waals surface area contributed by atoms with Crippen LogP contribution in [0.1, 0.15) is 105 Å². The number of esters is 2. The van der Waals surface area contributed by atoms with E-state index in [1.54, 1.807) is 110 Å². The molecule has 0 heterocycles. The summed E-state index contributed by atoms with van der Waals surface area (Å²) in [5.41, 5.74) is 0.599. The molecule has 3 aromatic carbocycles. The molecule has 0 aliphatic carbocycles. The van der Waals surface area contributed by atoms with Gasteiger partial charge >= 0.3 is 24.1 Å². The number of rotatable bonds is 21. The zero-order chi connectivity index (χ0) is 48.3. The summed E-state index contributed by atoms with van der Waals surface area (Å²) in [7, 11) is 0. The molecule has 0 unspecified atom stereocenters. The Kier molecular flexibility index (Phi) is 20.3. The fourth-order valence-corrected chi connectivity index (χ4v) is 6.13. The number of ether oxygens (including phenoxy) is 4. The molecule has 65 heavy (non-hydrogen) atoms. The summed E-state index contributed by atoms with van der Waals surface area (Å²) in [5, 5.41) is 23.8. The number of aromatic hydroxyl groups is 1. The SMILES string of the molecule is CC(C)[C@H](NC(=O)[C@@H](CCC(=O)OCc1ccccc1)NC(=O)OCc1ccccc1)C(=O)N[C@@H](C)C(=O)Nc1cc(C[C@@H](CCC(=O)OC(C)(C)C)NC(=O)OC(C)(C)C)ccc1O. The van der Waals surface area contributed by atoms with Crippen LogP contribution in [0.4, 0.5) is 15.3 Å². The average Bonchev–Trinajstić information content (AvgIpc) is 3.22. The van der Waals surface area contributed by atoms with Crippen LogP contribution in [0, 0.1) is 5.92 Å². The van der Waals surface area contributed by atoms with E-state index in [1.807, 2.05) is 12.1 Å². The molecule has 0 aliphatic heterocycles. The predicted octanol–water partition coefficient (Wildman–Crippen LogP) is 6.35. The highest BCUT2D eigenvalue weighted by Crippen LogP contribution is 2.26. The molecule has 4 atom stereocenters. The van der Waals surface area contributed by atoms with E-state index in [1.165, 1.54) is 19.1 Å². The van der Waals surface area contributed by atoms with Gasteiger partial charge in [0.2, 0.25) is 17.7 Å². The van der Waals surface area contributed by atoms with Crippen LogP contribution < -0.4 is 26.6 Å². The Morgan fingerprint density at radius 2 is 1.15 bits per heavy atom. The number of carbonyl (C=O) groups excluding carboxylic acids is 7. The van der Waals surface area contributed by atoms with Crippen molar-refractivity contribution in [3.8, 4) is 5.75 Å². The second-order valence-corrected chi connectivity index (χ2v) is 17.9. The zero-order valence-electron chi connectivity index (χ0n) is 38.8. The molecule has 6 N–H and O–H groups in total. The van der Waals surface area contributed by atoms with Crippen LogP contribution in [0.2, 0.25) is 0 Å². The molecule has 5 amide bonds. The second kappa shape index (κ2) is 25.0. The Morgan fingerprint density at radius 1 is 0.585 bits per heavy atom. The van der Waals surface area contributed by atoms with E-state index < -0.39 is 83.1 Å². The predicted molar refractivity (Wildman–Crippen MR) is 242 cm³/mol. The first-order chi connectivity index (χ1) is 30.5. The quantitative estimate of drug-likeness (QED) is 0.0390. The van der Waals surface area contributed by atoms with Crippen LogP contribution in [0.15, 0.2) is 78.9 Å². The summed E-state index contributed by atoms with van der Waals surface area (Å²) in [6.45, 7) is 15.1. The van der Waals surface area contributed by atoms with Crippen LogP contribution in [0.25, 0.3) is 0 Å². The monoisotopic (exact) mass is 903 g/mol. The van der Waals surface area contributed by atoms with Crippen LogP contribution in [0.5, 0.6) is 5.75 Å². The summed E-state index contributed by atoms with van der Waals surface area (Å²) in [6.07, 6.45) is -1.67. The Bertz CT molecular complexity index is 2070. The normalized spacial score (nSPS) is 13.2. The highest BCUT2D eigenvalue weighted by atomic mass is 16.6. The van der Waals surface area contributed by atoms with Gasteiger partial charge in [0.1, 0.15) is 48.3 Å². The van der Waals surface area contributed by atoms with Crippen LogP contribution in [0.3, 0.4) is 0 Å². The lowest BCUT2D eigenvalue weighted by molar-refractivity contribution is -0.155. The van der Waals surface area contributed by atoms with Crippen molar-refractivity contribution in [2.24, 2.45) is 5.92 Å². The van der Waals surface area contributed by atoms with Crippen LogP contribution in [-0.4, -0.2) is 82.3 Å².